The minimum absolute atomic E-state index is 0.107. The van der Waals surface area contributed by atoms with Crippen LogP contribution in [-0.4, -0.2) is 26.6 Å². The topological polar surface area (TPSA) is 43.6 Å². The first kappa shape index (κ1) is 12.7. The number of ether oxygens (including phenoxy) is 2. The summed E-state index contributed by atoms with van der Waals surface area (Å²) < 4.78 is 16.9. The molecule has 3 rings (SSSR count). The molecule has 1 aromatic heterocycles. The summed E-state index contributed by atoms with van der Waals surface area (Å²) in [5.41, 5.74) is 2.16. The van der Waals surface area contributed by atoms with Gasteiger partial charge in [-0.2, -0.15) is 0 Å². The zero-order valence-corrected chi connectivity index (χ0v) is 11.3. The Balaban J connectivity index is 1.83. The van der Waals surface area contributed by atoms with Crippen molar-refractivity contribution in [2.24, 2.45) is 0 Å². The largest absolute Gasteiger partial charge is 0.459 e. The van der Waals surface area contributed by atoms with E-state index in [0.29, 0.717) is 13.2 Å². The lowest BCUT2D eigenvalue weighted by Crippen LogP contribution is -2.22. The Hall–Kier alpha value is -1.36. The van der Waals surface area contributed by atoms with Crippen LogP contribution in [0.2, 0.25) is 0 Å². The van der Waals surface area contributed by atoms with E-state index in [0.717, 1.165) is 23.2 Å². The molecule has 1 aliphatic heterocycles. The van der Waals surface area contributed by atoms with Crippen molar-refractivity contribution in [1.29, 1.82) is 0 Å². The van der Waals surface area contributed by atoms with Crippen LogP contribution in [0.25, 0.3) is 11.0 Å². The molecule has 0 aliphatic carbocycles. The standard InChI is InChI=1S/C15H19NO3/c1-10-3-4-13-11(7-10)8-14(19-13)12(16-2)9-15-17-5-6-18-15/h3-4,7-8,12,15-16H,5-6,9H2,1-2H3. The van der Waals surface area contributed by atoms with Crippen molar-refractivity contribution in [3.8, 4) is 0 Å². The zero-order valence-electron chi connectivity index (χ0n) is 11.3. The lowest BCUT2D eigenvalue weighted by atomic mass is 10.1. The van der Waals surface area contributed by atoms with Gasteiger partial charge in [-0.15, -0.1) is 0 Å². The molecule has 19 heavy (non-hydrogen) atoms. The number of rotatable bonds is 4. The zero-order chi connectivity index (χ0) is 13.2. The van der Waals surface area contributed by atoms with E-state index in [1.54, 1.807) is 0 Å². The Morgan fingerprint density at radius 2 is 2.05 bits per heavy atom. The van der Waals surface area contributed by atoms with Gasteiger partial charge in [0.05, 0.1) is 19.3 Å². The van der Waals surface area contributed by atoms with Crippen LogP contribution in [0.5, 0.6) is 0 Å². The summed E-state index contributed by atoms with van der Waals surface area (Å²) in [6, 6.07) is 8.42. The second-order valence-corrected chi connectivity index (χ2v) is 4.94. The van der Waals surface area contributed by atoms with E-state index in [9.17, 15) is 0 Å². The van der Waals surface area contributed by atoms with Gasteiger partial charge in [0.15, 0.2) is 6.29 Å². The molecular formula is C15H19NO3. The van der Waals surface area contributed by atoms with Crippen molar-refractivity contribution in [1.82, 2.24) is 5.32 Å². The van der Waals surface area contributed by atoms with Crippen molar-refractivity contribution in [3.63, 3.8) is 0 Å². The summed E-state index contributed by atoms with van der Waals surface area (Å²) in [5, 5.41) is 4.41. The number of furan rings is 1. The minimum atomic E-state index is -0.132. The Kier molecular flexibility index (Phi) is 3.55. The first-order chi connectivity index (χ1) is 9.26. The molecule has 1 aliphatic rings. The normalized spacial score (nSPS) is 18.2. The fourth-order valence-corrected chi connectivity index (χ4v) is 2.47. The molecule has 0 radical (unpaired) electrons. The summed E-state index contributed by atoms with van der Waals surface area (Å²) in [7, 11) is 1.93. The van der Waals surface area contributed by atoms with Crippen molar-refractivity contribution in [3.05, 3.63) is 35.6 Å². The van der Waals surface area contributed by atoms with Crippen LogP contribution in [0.3, 0.4) is 0 Å². The second-order valence-electron chi connectivity index (χ2n) is 4.94. The predicted molar refractivity (Wildman–Crippen MR) is 73.1 cm³/mol. The molecule has 4 heteroatoms. The van der Waals surface area contributed by atoms with Gasteiger partial charge in [0.25, 0.3) is 0 Å². The van der Waals surface area contributed by atoms with Gasteiger partial charge in [-0.25, -0.2) is 0 Å². The number of hydrogen-bond acceptors (Lipinski definition) is 4. The van der Waals surface area contributed by atoms with Crippen LogP contribution < -0.4 is 5.32 Å². The van der Waals surface area contributed by atoms with E-state index in [2.05, 4.69) is 30.4 Å². The maximum Gasteiger partial charge on any atom is 0.159 e. The van der Waals surface area contributed by atoms with Crippen LogP contribution in [-0.2, 0) is 9.47 Å². The molecule has 0 amide bonds. The highest BCUT2D eigenvalue weighted by molar-refractivity contribution is 5.78. The van der Waals surface area contributed by atoms with Crippen LogP contribution in [0.15, 0.2) is 28.7 Å². The Labute approximate surface area is 112 Å². The Bertz CT molecular complexity index is 558. The van der Waals surface area contributed by atoms with E-state index < -0.39 is 0 Å². The molecule has 1 atom stereocenters. The fraction of sp³-hybridized carbons (Fsp3) is 0.467. The molecule has 2 aromatic rings. The highest BCUT2D eigenvalue weighted by atomic mass is 16.7. The Morgan fingerprint density at radius 3 is 2.79 bits per heavy atom. The quantitative estimate of drug-likeness (QED) is 0.919. The van der Waals surface area contributed by atoms with Gasteiger partial charge >= 0.3 is 0 Å². The molecule has 0 spiro atoms. The maximum absolute atomic E-state index is 5.91. The first-order valence-electron chi connectivity index (χ1n) is 6.67. The van der Waals surface area contributed by atoms with Crippen LogP contribution in [0.1, 0.15) is 23.8 Å². The van der Waals surface area contributed by atoms with Gasteiger partial charge in [0.1, 0.15) is 11.3 Å². The van der Waals surface area contributed by atoms with Crippen LogP contribution in [0.4, 0.5) is 0 Å². The van der Waals surface area contributed by atoms with Gasteiger partial charge in [-0.05, 0) is 32.2 Å². The average Bonchev–Trinajstić information content (AvgIpc) is 3.03. The molecule has 1 fully saturated rings. The van der Waals surface area contributed by atoms with Gasteiger partial charge in [0, 0.05) is 11.8 Å². The molecule has 1 aromatic carbocycles. The van der Waals surface area contributed by atoms with Crippen molar-refractivity contribution < 1.29 is 13.9 Å². The first-order valence-corrected chi connectivity index (χ1v) is 6.67. The maximum atomic E-state index is 5.91. The lowest BCUT2D eigenvalue weighted by molar-refractivity contribution is -0.0537. The number of fused-ring (bicyclic) bond motifs is 1. The third-order valence-electron chi connectivity index (χ3n) is 3.50. The van der Waals surface area contributed by atoms with Crippen molar-refractivity contribution >= 4 is 11.0 Å². The predicted octanol–water partition coefficient (Wildman–Crippen LogP) is 2.76. The lowest BCUT2D eigenvalue weighted by Gasteiger charge is -2.17. The summed E-state index contributed by atoms with van der Waals surface area (Å²) in [4.78, 5) is 0. The molecule has 2 heterocycles. The molecule has 4 nitrogen and oxygen atoms in total. The number of hydrogen-bond donors (Lipinski definition) is 1. The summed E-state index contributed by atoms with van der Waals surface area (Å²) in [6.07, 6.45) is 0.627. The summed E-state index contributed by atoms with van der Waals surface area (Å²) >= 11 is 0. The summed E-state index contributed by atoms with van der Waals surface area (Å²) in [6.45, 7) is 3.45. The Morgan fingerprint density at radius 1 is 1.26 bits per heavy atom. The molecule has 0 saturated carbocycles. The molecule has 1 N–H and O–H groups in total. The van der Waals surface area contributed by atoms with Crippen LogP contribution in [0, 0.1) is 6.92 Å². The number of benzene rings is 1. The van der Waals surface area contributed by atoms with Gasteiger partial charge < -0.3 is 19.2 Å². The summed E-state index contributed by atoms with van der Waals surface area (Å²) in [5.74, 6) is 0.933. The molecule has 1 saturated heterocycles. The smallest absolute Gasteiger partial charge is 0.159 e. The third kappa shape index (κ3) is 2.66. The van der Waals surface area contributed by atoms with Gasteiger partial charge in [0.2, 0.25) is 0 Å². The molecular weight excluding hydrogens is 242 g/mol. The van der Waals surface area contributed by atoms with Gasteiger partial charge in [-0.1, -0.05) is 11.6 Å². The van der Waals surface area contributed by atoms with Crippen LogP contribution >= 0.6 is 0 Å². The number of aryl methyl sites for hydroxylation is 1. The van der Waals surface area contributed by atoms with E-state index in [1.807, 2.05) is 13.1 Å². The molecule has 0 bridgehead atoms. The highest BCUT2D eigenvalue weighted by Crippen LogP contribution is 2.28. The molecule has 102 valence electrons. The van der Waals surface area contributed by atoms with E-state index in [1.165, 1.54) is 5.56 Å². The minimum Gasteiger partial charge on any atom is -0.459 e. The van der Waals surface area contributed by atoms with E-state index in [4.69, 9.17) is 13.9 Å². The van der Waals surface area contributed by atoms with E-state index in [-0.39, 0.29) is 12.3 Å². The van der Waals surface area contributed by atoms with Crippen molar-refractivity contribution in [2.45, 2.75) is 25.7 Å². The van der Waals surface area contributed by atoms with E-state index >= 15 is 0 Å². The average molecular weight is 261 g/mol. The third-order valence-corrected chi connectivity index (χ3v) is 3.50. The fourth-order valence-electron chi connectivity index (χ4n) is 2.47. The SMILES string of the molecule is CNC(CC1OCCO1)c1cc2cc(C)ccc2o1. The van der Waals surface area contributed by atoms with Crippen molar-refractivity contribution in [2.75, 3.05) is 20.3 Å². The molecule has 1 unspecified atom stereocenters. The monoisotopic (exact) mass is 261 g/mol. The second kappa shape index (κ2) is 5.33. The van der Waals surface area contributed by atoms with Gasteiger partial charge in [-0.3, -0.25) is 0 Å². The highest BCUT2D eigenvalue weighted by Gasteiger charge is 2.23. The number of nitrogens with one attached hydrogen (secondary N) is 1.